The van der Waals surface area contributed by atoms with E-state index in [1.54, 1.807) is 36.8 Å². The third-order valence-corrected chi connectivity index (χ3v) is 1.89. The Balaban J connectivity index is 2.52. The van der Waals surface area contributed by atoms with Crippen molar-refractivity contribution in [3.8, 4) is 5.69 Å². The third-order valence-electron chi connectivity index (χ3n) is 1.89. The van der Waals surface area contributed by atoms with Gasteiger partial charge in [-0.05, 0) is 19.1 Å². The second-order valence-corrected chi connectivity index (χ2v) is 2.93. The molecule has 0 saturated heterocycles. The highest BCUT2D eigenvalue weighted by atomic mass is 16.2. The van der Waals surface area contributed by atoms with Gasteiger partial charge in [0.1, 0.15) is 6.33 Å². The van der Waals surface area contributed by atoms with Crippen LogP contribution < -0.4 is 5.69 Å². The van der Waals surface area contributed by atoms with Crippen molar-refractivity contribution in [2.24, 2.45) is 0 Å². The number of pyridine rings is 1. The summed E-state index contributed by atoms with van der Waals surface area (Å²) in [6.45, 7) is 1.84. The standard InChI is InChI=1S/C10H10N4O/c1-2-6-13-8-12-14(10(13)15)9-4-3-5-11-7-9/h2-8H,1H3/b6-2+. The smallest absolute Gasteiger partial charge is 0.262 e. The number of nitrogens with zero attached hydrogens (tertiary/aromatic N) is 4. The quantitative estimate of drug-likeness (QED) is 0.727. The number of hydrogen-bond acceptors (Lipinski definition) is 3. The molecule has 0 aliphatic carbocycles. The van der Waals surface area contributed by atoms with Crippen LogP contribution >= 0.6 is 0 Å². The molecular weight excluding hydrogens is 192 g/mol. The minimum Gasteiger partial charge on any atom is -0.262 e. The van der Waals surface area contributed by atoms with Crippen molar-refractivity contribution >= 4 is 6.20 Å². The molecule has 0 fully saturated rings. The second kappa shape index (κ2) is 3.91. The van der Waals surface area contributed by atoms with Crippen LogP contribution in [0, 0.1) is 0 Å². The summed E-state index contributed by atoms with van der Waals surface area (Å²) in [5.41, 5.74) is 0.451. The number of hydrogen-bond donors (Lipinski definition) is 0. The highest BCUT2D eigenvalue weighted by molar-refractivity contribution is 5.27. The van der Waals surface area contributed by atoms with Gasteiger partial charge in [-0.3, -0.25) is 9.55 Å². The van der Waals surface area contributed by atoms with Gasteiger partial charge in [0.05, 0.1) is 11.9 Å². The fraction of sp³-hybridized carbons (Fsp3) is 0.100. The molecule has 0 radical (unpaired) electrons. The van der Waals surface area contributed by atoms with Crippen molar-refractivity contribution in [2.45, 2.75) is 6.92 Å². The first-order valence-corrected chi connectivity index (χ1v) is 4.52. The zero-order valence-electron chi connectivity index (χ0n) is 8.24. The minimum absolute atomic E-state index is 0.207. The van der Waals surface area contributed by atoms with E-state index >= 15 is 0 Å². The second-order valence-electron chi connectivity index (χ2n) is 2.93. The van der Waals surface area contributed by atoms with Gasteiger partial charge in [0.15, 0.2) is 0 Å². The summed E-state index contributed by atoms with van der Waals surface area (Å²) in [4.78, 5) is 15.7. The molecule has 0 amide bonds. The largest absolute Gasteiger partial charge is 0.354 e. The van der Waals surface area contributed by atoms with E-state index < -0.39 is 0 Å². The maximum Gasteiger partial charge on any atom is 0.354 e. The predicted molar refractivity (Wildman–Crippen MR) is 56.6 cm³/mol. The molecule has 0 aromatic carbocycles. The van der Waals surface area contributed by atoms with Gasteiger partial charge in [0.2, 0.25) is 0 Å². The van der Waals surface area contributed by atoms with Crippen LogP contribution in [0.3, 0.4) is 0 Å². The molecule has 2 rings (SSSR count). The normalized spacial score (nSPS) is 11.0. The molecular formula is C10H10N4O. The summed E-state index contributed by atoms with van der Waals surface area (Å²) in [6.07, 6.45) is 8.14. The lowest BCUT2D eigenvalue weighted by molar-refractivity contribution is 0.829. The van der Waals surface area contributed by atoms with Crippen LogP contribution in [0.15, 0.2) is 41.7 Å². The van der Waals surface area contributed by atoms with Crippen LogP contribution in [-0.4, -0.2) is 19.3 Å². The van der Waals surface area contributed by atoms with Crippen LogP contribution in [0.5, 0.6) is 0 Å². The summed E-state index contributed by atoms with van der Waals surface area (Å²) >= 11 is 0. The van der Waals surface area contributed by atoms with Crippen LogP contribution in [0.2, 0.25) is 0 Å². The van der Waals surface area contributed by atoms with Crippen LogP contribution in [0.4, 0.5) is 0 Å². The SMILES string of the molecule is C/C=C/n1cnn(-c2cccnc2)c1=O. The first-order valence-electron chi connectivity index (χ1n) is 4.52. The Morgan fingerprint density at radius 1 is 1.47 bits per heavy atom. The van der Waals surface area contributed by atoms with Gasteiger partial charge in [-0.25, -0.2) is 4.79 Å². The highest BCUT2D eigenvalue weighted by Crippen LogP contribution is 1.98. The van der Waals surface area contributed by atoms with E-state index in [9.17, 15) is 4.79 Å². The Morgan fingerprint density at radius 3 is 3.00 bits per heavy atom. The van der Waals surface area contributed by atoms with Crippen molar-refractivity contribution in [1.29, 1.82) is 0 Å². The molecule has 76 valence electrons. The molecule has 0 saturated carbocycles. The number of aromatic nitrogens is 4. The van der Waals surface area contributed by atoms with E-state index in [0.717, 1.165) is 0 Å². The van der Waals surface area contributed by atoms with Gasteiger partial charge in [-0.1, -0.05) is 6.08 Å². The minimum atomic E-state index is -0.207. The van der Waals surface area contributed by atoms with Crippen molar-refractivity contribution in [1.82, 2.24) is 19.3 Å². The van der Waals surface area contributed by atoms with E-state index in [-0.39, 0.29) is 5.69 Å². The molecule has 15 heavy (non-hydrogen) atoms. The van der Waals surface area contributed by atoms with Gasteiger partial charge < -0.3 is 0 Å². The van der Waals surface area contributed by atoms with E-state index in [1.165, 1.54) is 15.6 Å². The van der Waals surface area contributed by atoms with Gasteiger partial charge in [-0.15, -0.1) is 0 Å². The lowest BCUT2D eigenvalue weighted by Gasteiger charge is -1.96. The first-order chi connectivity index (χ1) is 7.33. The lowest BCUT2D eigenvalue weighted by atomic mass is 10.4. The molecule has 0 atom stereocenters. The predicted octanol–water partition coefficient (Wildman–Crippen LogP) is 0.920. The zero-order chi connectivity index (χ0) is 10.7. The summed E-state index contributed by atoms with van der Waals surface area (Å²) in [5.74, 6) is 0. The highest BCUT2D eigenvalue weighted by Gasteiger charge is 2.03. The Kier molecular flexibility index (Phi) is 2.45. The molecule has 0 unspecified atom stereocenters. The fourth-order valence-electron chi connectivity index (χ4n) is 1.23. The molecule has 5 nitrogen and oxygen atoms in total. The van der Waals surface area contributed by atoms with Crippen LogP contribution in [0.25, 0.3) is 11.9 Å². The topological polar surface area (TPSA) is 52.7 Å². The lowest BCUT2D eigenvalue weighted by Crippen LogP contribution is -2.20. The maximum atomic E-state index is 11.7. The summed E-state index contributed by atoms with van der Waals surface area (Å²) in [7, 11) is 0. The molecule has 0 aliphatic rings. The summed E-state index contributed by atoms with van der Waals surface area (Å²) in [6, 6.07) is 3.54. The fourth-order valence-corrected chi connectivity index (χ4v) is 1.23. The summed E-state index contributed by atoms with van der Waals surface area (Å²) < 4.78 is 2.71. The van der Waals surface area contributed by atoms with Crippen molar-refractivity contribution < 1.29 is 0 Å². The zero-order valence-corrected chi connectivity index (χ0v) is 8.24. The summed E-state index contributed by atoms with van der Waals surface area (Å²) in [5, 5.41) is 3.98. The Labute approximate surface area is 86.3 Å². The molecule has 0 bridgehead atoms. The number of rotatable bonds is 2. The molecule has 2 aromatic heterocycles. The molecule has 0 spiro atoms. The van der Waals surface area contributed by atoms with E-state index in [0.29, 0.717) is 5.69 Å². The Morgan fingerprint density at radius 2 is 2.33 bits per heavy atom. The van der Waals surface area contributed by atoms with Gasteiger partial charge >= 0.3 is 5.69 Å². The monoisotopic (exact) mass is 202 g/mol. The average Bonchev–Trinajstić information content (AvgIpc) is 2.63. The van der Waals surface area contributed by atoms with Gasteiger partial charge in [0.25, 0.3) is 0 Å². The van der Waals surface area contributed by atoms with Crippen molar-refractivity contribution in [3.63, 3.8) is 0 Å². The molecule has 2 aromatic rings. The van der Waals surface area contributed by atoms with E-state index in [1.807, 2.05) is 6.92 Å². The third kappa shape index (κ3) is 1.71. The van der Waals surface area contributed by atoms with Crippen LogP contribution in [-0.2, 0) is 0 Å². The molecule has 5 heteroatoms. The van der Waals surface area contributed by atoms with E-state index in [2.05, 4.69) is 10.1 Å². The van der Waals surface area contributed by atoms with Crippen molar-refractivity contribution in [3.05, 3.63) is 47.4 Å². The molecule has 2 heterocycles. The Bertz CT molecular complexity index is 524. The van der Waals surface area contributed by atoms with Gasteiger partial charge in [0, 0.05) is 12.4 Å². The van der Waals surface area contributed by atoms with Crippen molar-refractivity contribution in [2.75, 3.05) is 0 Å². The molecule has 0 N–H and O–H groups in total. The van der Waals surface area contributed by atoms with Crippen LogP contribution in [0.1, 0.15) is 6.92 Å². The first kappa shape index (κ1) is 9.39. The Hall–Kier alpha value is -2.17. The van der Waals surface area contributed by atoms with E-state index in [4.69, 9.17) is 0 Å². The number of allylic oxidation sites excluding steroid dienone is 1. The average molecular weight is 202 g/mol. The van der Waals surface area contributed by atoms with Gasteiger partial charge in [-0.2, -0.15) is 9.78 Å². The molecule has 0 aliphatic heterocycles. The maximum absolute atomic E-state index is 11.7.